The Morgan fingerprint density at radius 1 is 0.909 bits per heavy atom. The Hall–Kier alpha value is -1.91. The summed E-state index contributed by atoms with van der Waals surface area (Å²) in [5.41, 5.74) is 1.84. The summed E-state index contributed by atoms with van der Waals surface area (Å²) < 4.78 is 5.74. The predicted octanol–water partition coefficient (Wildman–Crippen LogP) is 5.80. The summed E-state index contributed by atoms with van der Waals surface area (Å²) in [5, 5.41) is 18.2. The van der Waals surface area contributed by atoms with Crippen molar-refractivity contribution < 1.29 is 4.74 Å². The van der Waals surface area contributed by atoms with Crippen LogP contribution in [0.4, 0.5) is 0 Å². The molecule has 22 heavy (non-hydrogen) atoms. The Labute approximate surface area is 143 Å². The second-order valence-corrected chi connectivity index (χ2v) is 5.75. The highest BCUT2D eigenvalue weighted by Crippen LogP contribution is 2.45. The van der Waals surface area contributed by atoms with Gasteiger partial charge in [0, 0.05) is 0 Å². The number of nitrogens with zero attached hydrogens (tertiary/aromatic N) is 2. The Kier molecular flexibility index (Phi) is 4.84. The third-order valence-corrected chi connectivity index (χ3v) is 4.24. The van der Waals surface area contributed by atoms with Crippen molar-refractivity contribution in [2.24, 2.45) is 0 Å². The second-order valence-electron chi connectivity index (χ2n) is 4.62. The summed E-state index contributed by atoms with van der Waals surface area (Å²) in [4.78, 5) is 0. The molecule has 6 heteroatoms. The molecule has 0 aliphatic heterocycles. The van der Waals surface area contributed by atoms with Gasteiger partial charge in [-0.2, -0.15) is 10.5 Å². The molecule has 0 aromatic heterocycles. The molecule has 2 aromatic rings. The SMILES string of the molecule is Cc1ccc(Oc2c(Cl)c(Cl)c(C#N)c(C#N)c2Cl)c(C)c1. The van der Waals surface area contributed by atoms with Crippen LogP contribution in [0.25, 0.3) is 0 Å². The molecule has 0 amide bonds. The van der Waals surface area contributed by atoms with Gasteiger partial charge in [0.25, 0.3) is 0 Å². The molecule has 0 saturated heterocycles. The molecule has 0 aliphatic rings. The zero-order chi connectivity index (χ0) is 16.4. The average molecular weight is 352 g/mol. The predicted molar refractivity (Wildman–Crippen MR) is 86.9 cm³/mol. The van der Waals surface area contributed by atoms with Crippen LogP contribution >= 0.6 is 34.8 Å². The van der Waals surface area contributed by atoms with Gasteiger partial charge in [-0.15, -0.1) is 0 Å². The summed E-state index contributed by atoms with van der Waals surface area (Å²) in [6.45, 7) is 3.84. The normalized spacial score (nSPS) is 9.95. The lowest BCUT2D eigenvalue weighted by Crippen LogP contribution is -1.96. The van der Waals surface area contributed by atoms with Crippen molar-refractivity contribution in [3.05, 3.63) is 55.5 Å². The van der Waals surface area contributed by atoms with Crippen molar-refractivity contribution >= 4 is 34.8 Å². The van der Waals surface area contributed by atoms with Crippen molar-refractivity contribution in [1.29, 1.82) is 10.5 Å². The molecule has 0 heterocycles. The van der Waals surface area contributed by atoms with Gasteiger partial charge in [-0.1, -0.05) is 52.5 Å². The van der Waals surface area contributed by atoms with E-state index >= 15 is 0 Å². The number of hydrogen-bond acceptors (Lipinski definition) is 3. The molecule has 0 aliphatic carbocycles. The summed E-state index contributed by atoms with van der Waals surface area (Å²) in [7, 11) is 0. The molecule has 2 rings (SSSR count). The first kappa shape index (κ1) is 16.5. The maximum Gasteiger partial charge on any atom is 0.167 e. The van der Waals surface area contributed by atoms with Crippen molar-refractivity contribution in [2.75, 3.05) is 0 Å². The van der Waals surface area contributed by atoms with E-state index in [2.05, 4.69) is 0 Å². The number of hydrogen-bond donors (Lipinski definition) is 0. The van der Waals surface area contributed by atoms with Crippen molar-refractivity contribution in [3.8, 4) is 23.6 Å². The fraction of sp³-hybridized carbons (Fsp3) is 0.125. The Balaban J connectivity index is 2.65. The van der Waals surface area contributed by atoms with Crippen LogP contribution in [0.3, 0.4) is 0 Å². The molecule has 0 bridgehead atoms. The summed E-state index contributed by atoms with van der Waals surface area (Å²) >= 11 is 18.3. The molecule has 3 nitrogen and oxygen atoms in total. The lowest BCUT2D eigenvalue weighted by Gasteiger charge is -2.15. The number of ether oxygens (including phenoxy) is 1. The third kappa shape index (κ3) is 2.85. The van der Waals surface area contributed by atoms with Crippen LogP contribution in [-0.4, -0.2) is 0 Å². The summed E-state index contributed by atoms with van der Waals surface area (Å²) in [6.07, 6.45) is 0. The average Bonchev–Trinajstić information content (AvgIpc) is 2.49. The topological polar surface area (TPSA) is 56.8 Å². The van der Waals surface area contributed by atoms with Crippen molar-refractivity contribution in [1.82, 2.24) is 0 Å². The molecule has 0 unspecified atom stereocenters. The van der Waals surface area contributed by atoms with Gasteiger partial charge in [0.15, 0.2) is 5.75 Å². The lowest BCUT2D eigenvalue weighted by atomic mass is 10.1. The first-order valence-electron chi connectivity index (χ1n) is 6.16. The van der Waals surface area contributed by atoms with Gasteiger partial charge in [-0.3, -0.25) is 0 Å². The number of aryl methyl sites for hydroxylation is 2. The molecule has 0 radical (unpaired) electrons. The number of rotatable bonds is 2. The Morgan fingerprint density at radius 3 is 2.05 bits per heavy atom. The molecule has 0 N–H and O–H groups in total. The first-order valence-corrected chi connectivity index (χ1v) is 7.29. The minimum Gasteiger partial charge on any atom is -0.454 e. The van der Waals surface area contributed by atoms with Gasteiger partial charge < -0.3 is 4.74 Å². The van der Waals surface area contributed by atoms with Gasteiger partial charge in [0.2, 0.25) is 0 Å². The van der Waals surface area contributed by atoms with Crippen LogP contribution in [0.2, 0.25) is 15.1 Å². The fourth-order valence-electron chi connectivity index (χ4n) is 1.96. The smallest absolute Gasteiger partial charge is 0.167 e. The van der Waals surface area contributed by atoms with E-state index < -0.39 is 0 Å². The van der Waals surface area contributed by atoms with Gasteiger partial charge >= 0.3 is 0 Å². The summed E-state index contributed by atoms with van der Waals surface area (Å²) in [6, 6.07) is 9.27. The molecule has 0 saturated carbocycles. The largest absolute Gasteiger partial charge is 0.454 e. The lowest BCUT2D eigenvalue weighted by molar-refractivity contribution is 0.479. The van der Waals surface area contributed by atoms with E-state index in [4.69, 9.17) is 44.8 Å². The quantitative estimate of drug-likeness (QED) is 0.642. The van der Waals surface area contributed by atoms with Crippen molar-refractivity contribution in [2.45, 2.75) is 13.8 Å². The molecule has 110 valence electrons. The molecular formula is C16H9Cl3N2O. The molecule has 0 fully saturated rings. The molecule has 2 aromatic carbocycles. The van der Waals surface area contributed by atoms with Gasteiger partial charge in [0.1, 0.15) is 27.9 Å². The highest BCUT2D eigenvalue weighted by molar-refractivity contribution is 6.46. The highest BCUT2D eigenvalue weighted by atomic mass is 35.5. The molecule has 0 atom stereocenters. The second kappa shape index (κ2) is 6.46. The minimum absolute atomic E-state index is 0.00203. The van der Waals surface area contributed by atoms with E-state index in [1.807, 2.05) is 38.1 Å². The van der Waals surface area contributed by atoms with E-state index in [1.165, 1.54) is 0 Å². The molecular weight excluding hydrogens is 343 g/mol. The zero-order valence-electron chi connectivity index (χ0n) is 11.7. The monoisotopic (exact) mass is 350 g/mol. The number of benzene rings is 2. The van der Waals surface area contributed by atoms with E-state index in [0.717, 1.165) is 11.1 Å². The standard InChI is InChI=1S/C16H9Cl3N2O/c1-8-3-4-12(9(2)5-8)22-16-14(18)11(7-21)10(6-20)13(17)15(16)19/h3-5H,1-2H3. The number of nitriles is 2. The zero-order valence-corrected chi connectivity index (χ0v) is 13.9. The maximum atomic E-state index is 9.18. The van der Waals surface area contributed by atoms with Gasteiger partial charge in [-0.25, -0.2) is 0 Å². The minimum atomic E-state index is -0.0628. The van der Waals surface area contributed by atoms with Crippen LogP contribution in [0.5, 0.6) is 11.5 Å². The molecule has 0 spiro atoms. The summed E-state index contributed by atoms with van der Waals surface area (Å²) in [5.74, 6) is 0.606. The van der Waals surface area contributed by atoms with Crippen LogP contribution in [-0.2, 0) is 0 Å². The van der Waals surface area contributed by atoms with E-state index in [9.17, 15) is 5.26 Å². The van der Waals surface area contributed by atoms with Gasteiger partial charge in [0.05, 0.1) is 16.1 Å². The van der Waals surface area contributed by atoms with E-state index in [1.54, 1.807) is 6.07 Å². The number of halogens is 3. The third-order valence-electron chi connectivity index (χ3n) is 3.05. The Bertz CT molecular complexity index is 848. The maximum absolute atomic E-state index is 9.18. The van der Waals surface area contributed by atoms with E-state index in [0.29, 0.717) is 5.75 Å². The van der Waals surface area contributed by atoms with Crippen LogP contribution < -0.4 is 4.74 Å². The van der Waals surface area contributed by atoms with Crippen LogP contribution in [0.15, 0.2) is 18.2 Å². The fourth-order valence-corrected chi connectivity index (χ4v) is 2.73. The first-order chi connectivity index (χ1) is 10.4. The highest BCUT2D eigenvalue weighted by Gasteiger charge is 2.23. The van der Waals surface area contributed by atoms with Gasteiger partial charge in [-0.05, 0) is 25.5 Å². The van der Waals surface area contributed by atoms with Crippen LogP contribution in [0, 0.1) is 36.5 Å². The van der Waals surface area contributed by atoms with Crippen LogP contribution in [0.1, 0.15) is 22.3 Å². The van der Waals surface area contributed by atoms with E-state index in [-0.39, 0.29) is 31.9 Å². The Morgan fingerprint density at radius 2 is 1.50 bits per heavy atom. The van der Waals surface area contributed by atoms with Crippen molar-refractivity contribution in [3.63, 3.8) is 0 Å².